The summed E-state index contributed by atoms with van der Waals surface area (Å²) >= 11 is 18.1. The monoisotopic (exact) mass is 482 g/mol. The van der Waals surface area contributed by atoms with E-state index >= 15 is 0 Å². The molecule has 0 aliphatic carbocycles. The predicted octanol–water partition coefficient (Wildman–Crippen LogP) is 3.81. The molecule has 0 spiro atoms. The van der Waals surface area contributed by atoms with Crippen LogP contribution in [0.2, 0.25) is 10.0 Å². The molecule has 2 N–H and O–H groups in total. The second-order valence-corrected chi connectivity index (χ2v) is 9.48. The highest BCUT2D eigenvalue weighted by Gasteiger charge is 2.22. The topological polar surface area (TPSA) is 93.1 Å². The summed E-state index contributed by atoms with van der Waals surface area (Å²) < 4.78 is 36.6. The van der Waals surface area contributed by atoms with Crippen molar-refractivity contribution >= 4 is 44.6 Å². The largest absolute Gasteiger partial charge is 0.491 e. The van der Waals surface area contributed by atoms with Gasteiger partial charge in [-0.2, -0.15) is 0 Å². The Hall–Kier alpha value is -1.22. The summed E-state index contributed by atoms with van der Waals surface area (Å²) in [5.74, 6) is 1.03. The van der Waals surface area contributed by atoms with E-state index in [1.165, 1.54) is 36.4 Å². The lowest BCUT2D eigenvalue weighted by Gasteiger charge is -2.14. The second-order valence-electron chi connectivity index (χ2n) is 6.41. The number of halogens is 3. The molecule has 0 aliphatic rings. The van der Waals surface area contributed by atoms with Crippen LogP contribution < -0.4 is 9.47 Å². The molecule has 0 aliphatic heterocycles. The first-order valence-corrected chi connectivity index (χ1v) is 11.4. The third-order valence-electron chi connectivity index (χ3n) is 3.84. The van der Waals surface area contributed by atoms with E-state index in [1.54, 1.807) is 0 Å². The average molecular weight is 484 g/mol. The molecule has 0 unspecified atom stereocenters. The molecule has 0 saturated carbocycles. The van der Waals surface area contributed by atoms with Crippen LogP contribution in [0.25, 0.3) is 0 Å². The first kappa shape index (κ1) is 24.1. The number of ether oxygens (including phenoxy) is 2. The zero-order chi connectivity index (χ0) is 21.6. The molecule has 29 heavy (non-hydrogen) atoms. The molecular weight excluding hydrogens is 463 g/mol. The Morgan fingerprint density at radius 2 is 1.59 bits per heavy atom. The first-order chi connectivity index (χ1) is 13.7. The number of rotatable bonds is 10. The van der Waals surface area contributed by atoms with Crippen LogP contribution in [0, 0.1) is 5.92 Å². The number of alkyl halides is 1. The summed E-state index contributed by atoms with van der Waals surface area (Å²) in [6, 6.07) is 8.20. The molecular formula is C19H21Cl3O6S. The SMILES string of the molecule is C[C@@H](CCl)COc1c(Cl)cc(S(=O)(=O)c2ccc(OC[C@@H](O)CO)cc2)cc1Cl. The number of sulfone groups is 1. The average Bonchev–Trinajstić information content (AvgIpc) is 2.71. The van der Waals surface area contributed by atoms with Crippen LogP contribution >= 0.6 is 34.8 Å². The predicted molar refractivity (Wildman–Crippen MR) is 112 cm³/mol. The van der Waals surface area contributed by atoms with E-state index in [1.807, 2.05) is 6.92 Å². The molecule has 0 amide bonds. The van der Waals surface area contributed by atoms with Gasteiger partial charge in [0, 0.05) is 11.8 Å². The Morgan fingerprint density at radius 3 is 2.10 bits per heavy atom. The summed E-state index contributed by atoms with van der Waals surface area (Å²) in [5, 5.41) is 18.2. The fraction of sp³-hybridized carbons (Fsp3) is 0.368. The van der Waals surface area contributed by atoms with Gasteiger partial charge in [0.25, 0.3) is 0 Å². The number of benzene rings is 2. The molecule has 0 bridgehead atoms. The number of hydrogen-bond acceptors (Lipinski definition) is 6. The van der Waals surface area contributed by atoms with Crippen molar-refractivity contribution in [2.24, 2.45) is 5.92 Å². The maximum atomic E-state index is 12.9. The van der Waals surface area contributed by atoms with Gasteiger partial charge in [0.15, 0.2) is 5.75 Å². The molecule has 2 atom stereocenters. The fourth-order valence-electron chi connectivity index (χ4n) is 2.20. The zero-order valence-electron chi connectivity index (χ0n) is 15.5. The molecule has 2 rings (SSSR count). The van der Waals surface area contributed by atoms with E-state index in [9.17, 15) is 13.5 Å². The van der Waals surface area contributed by atoms with Gasteiger partial charge in [0.1, 0.15) is 18.5 Å². The van der Waals surface area contributed by atoms with Crippen molar-refractivity contribution in [3.05, 3.63) is 46.4 Å². The van der Waals surface area contributed by atoms with E-state index < -0.39 is 22.5 Å². The van der Waals surface area contributed by atoms with Gasteiger partial charge in [-0.25, -0.2) is 8.42 Å². The van der Waals surface area contributed by atoms with Gasteiger partial charge in [-0.1, -0.05) is 30.1 Å². The second kappa shape index (κ2) is 10.7. The van der Waals surface area contributed by atoms with E-state index in [2.05, 4.69) is 0 Å². The van der Waals surface area contributed by atoms with Gasteiger partial charge in [0.05, 0.1) is 33.0 Å². The lowest BCUT2D eigenvalue weighted by Crippen LogP contribution is -2.21. The lowest BCUT2D eigenvalue weighted by atomic mass is 10.2. The Kier molecular flexibility index (Phi) is 8.88. The molecule has 0 heterocycles. The van der Waals surface area contributed by atoms with Crippen LogP contribution in [0.15, 0.2) is 46.2 Å². The van der Waals surface area contributed by atoms with E-state index in [0.29, 0.717) is 18.2 Å². The van der Waals surface area contributed by atoms with Crippen LogP contribution in [0.1, 0.15) is 6.92 Å². The van der Waals surface area contributed by atoms with Gasteiger partial charge in [-0.15, -0.1) is 11.6 Å². The Morgan fingerprint density at radius 1 is 1.00 bits per heavy atom. The minimum atomic E-state index is -3.88. The quantitative estimate of drug-likeness (QED) is 0.499. The summed E-state index contributed by atoms with van der Waals surface area (Å²) in [5.41, 5.74) is 0. The summed E-state index contributed by atoms with van der Waals surface area (Å²) in [4.78, 5) is -0.0567. The van der Waals surface area contributed by atoms with Crippen LogP contribution in [0.4, 0.5) is 0 Å². The van der Waals surface area contributed by atoms with E-state index in [-0.39, 0.29) is 38.1 Å². The molecule has 0 fully saturated rings. The van der Waals surface area contributed by atoms with Crippen LogP contribution in [-0.4, -0.2) is 50.4 Å². The fourth-order valence-corrected chi connectivity index (χ4v) is 4.32. The first-order valence-electron chi connectivity index (χ1n) is 8.63. The molecule has 2 aromatic carbocycles. The van der Waals surface area contributed by atoms with E-state index in [4.69, 9.17) is 49.4 Å². The summed E-state index contributed by atoms with van der Waals surface area (Å²) in [6.45, 7) is 1.64. The van der Waals surface area contributed by atoms with E-state index in [0.717, 1.165) is 0 Å². The minimum Gasteiger partial charge on any atom is -0.491 e. The highest BCUT2D eigenvalue weighted by Crippen LogP contribution is 2.37. The Labute approximate surface area is 184 Å². The number of aliphatic hydroxyl groups is 2. The van der Waals surface area contributed by atoms with Gasteiger partial charge in [-0.05, 0) is 36.4 Å². The highest BCUT2D eigenvalue weighted by atomic mass is 35.5. The van der Waals surface area contributed by atoms with Crippen LogP contribution in [-0.2, 0) is 9.84 Å². The maximum Gasteiger partial charge on any atom is 0.206 e. The summed E-state index contributed by atoms with van der Waals surface area (Å²) in [7, 11) is -3.88. The van der Waals surface area contributed by atoms with Crippen molar-refractivity contribution in [3.8, 4) is 11.5 Å². The molecule has 160 valence electrons. The normalized spacial score (nSPS) is 13.7. The van der Waals surface area contributed by atoms with Crippen molar-refractivity contribution in [1.29, 1.82) is 0 Å². The molecule has 10 heteroatoms. The van der Waals surface area contributed by atoms with Gasteiger partial charge < -0.3 is 19.7 Å². The van der Waals surface area contributed by atoms with Crippen molar-refractivity contribution in [1.82, 2.24) is 0 Å². The zero-order valence-corrected chi connectivity index (χ0v) is 18.6. The highest BCUT2D eigenvalue weighted by molar-refractivity contribution is 7.91. The molecule has 0 saturated heterocycles. The Bertz CT molecular complexity index is 895. The number of aliphatic hydroxyl groups excluding tert-OH is 2. The standard InChI is InChI=1S/C19H21Cl3O6S/c1-12(8-20)10-28-19-17(21)6-16(7-18(19)22)29(25,26)15-4-2-14(3-5-15)27-11-13(24)9-23/h2-7,12-13,23-24H,8-11H2,1H3/t12-,13-/m0/s1. The van der Waals surface area contributed by atoms with Crippen molar-refractivity contribution in [2.75, 3.05) is 25.7 Å². The minimum absolute atomic E-state index is 0.0177. The molecule has 6 nitrogen and oxygen atoms in total. The molecule has 2 aromatic rings. The number of hydrogen-bond donors (Lipinski definition) is 2. The smallest absolute Gasteiger partial charge is 0.206 e. The molecule has 0 radical (unpaired) electrons. The third-order valence-corrected chi connectivity index (χ3v) is 6.68. The lowest BCUT2D eigenvalue weighted by molar-refractivity contribution is 0.0536. The van der Waals surface area contributed by atoms with Gasteiger partial charge in [0.2, 0.25) is 9.84 Å². The van der Waals surface area contributed by atoms with Crippen molar-refractivity contribution in [2.45, 2.75) is 22.8 Å². The van der Waals surface area contributed by atoms with Gasteiger partial charge in [-0.3, -0.25) is 0 Å². The van der Waals surface area contributed by atoms with Crippen molar-refractivity contribution in [3.63, 3.8) is 0 Å². The summed E-state index contributed by atoms with van der Waals surface area (Å²) in [6.07, 6.45) is -1.02. The maximum absolute atomic E-state index is 12.9. The molecule has 0 aromatic heterocycles. The van der Waals surface area contributed by atoms with Crippen LogP contribution in [0.5, 0.6) is 11.5 Å². The third kappa shape index (κ3) is 6.38. The van der Waals surface area contributed by atoms with Crippen molar-refractivity contribution < 1.29 is 28.1 Å². The van der Waals surface area contributed by atoms with Gasteiger partial charge >= 0.3 is 0 Å². The Balaban J connectivity index is 2.22. The van der Waals surface area contributed by atoms with Crippen LogP contribution in [0.3, 0.4) is 0 Å².